The summed E-state index contributed by atoms with van der Waals surface area (Å²) in [6.45, 7) is 2.36. The number of ether oxygens (including phenoxy) is 1. The summed E-state index contributed by atoms with van der Waals surface area (Å²) in [6.07, 6.45) is 1.76. The molecule has 140 valence electrons. The Labute approximate surface area is 164 Å². The molecule has 0 bridgehead atoms. The van der Waals surface area contributed by atoms with Gasteiger partial charge in [-0.25, -0.2) is 0 Å². The van der Waals surface area contributed by atoms with E-state index in [4.69, 9.17) is 15.9 Å². The smallest absolute Gasteiger partial charge is 0.301 e. The molecule has 0 spiro atoms. The average Bonchev–Trinajstić information content (AvgIpc) is 3.19. The van der Waals surface area contributed by atoms with E-state index in [2.05, 4.69) is 10.2 Å². The molecule has 26 heavy (non-hydrogen) atoms. The third kappa shape index (κ3) is 3.65. The van der Waals surface area contributed by atoms with Crippen LogP contribution in [0.5, 0.6) is 5.75 Å². The van der Waals surface area contributed by atoms with Gasteiger partial charge in [-0.05, 0) is 31.4 Å². The molecular weight excluding hydrogens is 418 g/mol. The highest BCUT2D eigenvalue weighted by atomic mass is 35.5. The lowest BCUT2D eigenvalue weighted by molar-refractivity contribution is 0.340. The number of hydrogen-bond donors (Lipinski definition) is 2. The molecule has 0 amide bonds. The van der Waals surface area contributed by atoms with Crippen LogP contribution in [0.4, 0.5) is 0 Å². The number of thiophene rings is 1. The second kappa shape index (κ2) is 7.82. The number of benzene rings is 1. The number of aromatic nitrogens is 3. The molecular formula is C14H16ClN5O3S3. The molecule has 12 heteroatoms. The van der Waals surface area contributed by atoms with Crippen molar-refractivity contribution in [2.24, 2.45) is 5.73 Å². The fourth-order valence-corrected chi connectivity index (χ4v) is 5.77. The van der Waals surface area contributed by atoms with E-state index in [0.717, 1.165) is 11.3 Å². The van der Waals surface area contributed by atoms with Crippen LogP contribution in [0, 0.1) is 5.41 Å². The summed E-state index contributed by atoms with van der Waals surface area (Å²) in [7, 11) is -3.99. The van der Waals surface area contributed by atoms with Gasteiger partial charge in [0, 0.05) is 6.07 Å². The van der Waals surface area contributed by atoms with Gasteiger partial charge in [-0.1, -0.05) is 4.20 Å². The van der Waals surface area contributed by atoms with Gasteiger partial charge >= 0.3 is 10.0 Å². The van der Waals surface area contributed by atoms with E-state index < -0.39 is 10.0 Å². The lowest BCUT2D eigenvalue weighted by Gasteiger charge is -2.01. The molecule has 0 fully saturated rings. The minimum absolute atomic E-state index is 0. The minimum atomic E-state index is -3.99. The lowest BCUT2D eigenvalue weighted by atomic mass is 10.3. The van der Waals surface area contributed by atoms with Crippen molar-refractivity contribution in [2.45, 2.75) is 16.0 Å². The van der Waals surface area contributed by atoms with Crippen LogP contribution < -0.4 is 10.5 Å². The van der Waals surface area contributed by atoms with Gasteiger partial charge in [-0.2, -0.15) is 8.42 Å². The van der Waals surface area contributed by atoms with Gasteiger partial charge < -0.3 is 10.5 Å². The molecule has 2 heterocycles. The fraction of sp³-hybridized carbons (Fsp3) is 0.214. The zero-order valence-corrected chi connectivity index (χ0v) is 17.1. The summed E-state index contributed by atoms with van der Waals surface area (Å²) < 4.78 is 32.5. The van der Waals surface area contributed by atoms with Crippen LogP contribution in [0.25, 0.3) is 11.0 Å². The Morgan fingerprint density at radius 3 is 2.65 bits per heavy atom. The number of rotatable bonds is 6. The monoisotopic (exact) mass is 433 g/mol. The van der Waals surface area contributed by atoms with E-state index in [0.29, 0.717) is 36.7 Å². The molecule has 0 unspecified atom stereocenters. The van der Waals surface area contributed by atoms with Crippen molar-refractivity contribution in [3.63, 3.8) is 0 Å². The topological polar surface area (TPSA) is 124 Å². The van der Waals surface area contributed by atoms with Crippen LogP contribution in [-0.4, -0.2) is 41.5 Å². The summed E-state index contributed by atoms with van der Waals surface area (Å²) in [5, 5.41) is 15.7. The van der Waals surface area contributed by atoms with Gasteiger partial charge in [-0.3, -0.25) is 5.41 Å². The Hall–Kier alpha value is -1.82. The summed E-state index contributed by atoms with van der Waals surface area (Å²) in [6, 6.07) is 6.39. The van der Waals surface area contributed by atoms with Gasteiger partial charge in [0.1, 0.15) is 27.5 Å². The third-order valence-electron chi connectivity index (χ3n) is 3.25. The normalized spacial score (nSPS) is 11.3. The van der Waals surface area contributed by atoms with E-state index >= 15 is 0 Å². The first kappa shape index (κ1) is 20.5. The maximum atomic E-state index is 12.9. The van der Waals surface area contributed by atoms with Crippen molar-refractivity contribution in [3.8, 4) is 5.75 Å². The molecule has 8 nitrogen and oxygen atoms in total. The number of nitrogen functional groups attached to an aromatic ring is 1. The maximum absolute atomic E-state index is 12.9. The van der Waals surface area contributed by atoms with E-state index in [-0.39, 0.29) is 23.1 Å². The molecule has 0 saturated carbocycles. The Bertz CT molecular complexity index is 1060. The van der Waals surface area contributed by atoms with Crippen molar-refractivity contribution in [3.05, 3.63) is 29.1 Å². The summed E-state index contributed by atoms with van der Waals surface area (Å²) >= 11 is 2.42. The largest absolute Gasteiger partial charge is 0.494 e. The zero-order valence-electron chi connectivity index (χ0n) is 13.8. The molecule has 1 aromatic carbocycles. The first-order chi connectivity index (χ1) is 11.9. The second-order valence-electron chi connectivity index (χ2n) is 4.89. The van der Waals surface area contributed by atoms with Crippen molar-refractivity contribution >= 4 is 62.4 Å². The van der Waals surface area contributed by atoms with Crippen LogP contribution in [-0.2, 0) is 10.0 Å². The predicted octanol–water partition coefficient (Wildman–Crippen LogP) is 2.56. The lowest BCUT2D eigenvalue weighted by Crippen LogP contribution is -2.16. The van der Waals surface area contributed by atoms with Crippen molar-refractivity contribution in [1.82, 2.24) is 14.4 Å². The van der Waals surface area contributed by atoms with E-state index in [1.807, 2.05) is 6.92 Å². The number of halogens is 1. The summed E-state index contributed by atoms with van der Waals surface area (Å²) in [4.78, 5) is 0.429. The average molecular weight is 434 g/mol. The first-order valence-corrected chi connectivity index (χ1v) is 10.6. The minimum Gasteiger partial charge on any atom is -0.494 e. The quantitative estimate of drug-likeness (QED) is 0.347. The summed E-state index contributed by atoms with van der Waals surface area (Å²) in [5.41, 5.74) is 6.34. The second-order valence-corrected chi connectivity index (χ2v) is 8.74. The Balaban J connectivity index is 0.00000243. The third-order valence-corrected chi connectivity index (χ3v) is 7.29. The molecule has 3 rings (SSSR count). The molecule has 0 aliphatic carbocycles. The van der Waals surface area contributed by atoms with Gasteiger partial charge in [-0.15, -0.1) is 45.7 Å². The van der Waals surface area contributed by atoms with E-state index in [1.165, 1.54) is 17.8 Å². The fourth-order valence-electron chi connectivity index (χ4n) is 2.14. The number of fused-ring (bicyclic) bond motifs is 1. The van der Waals surface area contributed by atoms with Crippen LogP contribution >= 0.6 is 35.5 Å². The molecule has 0 aliphatic rings. The standard InChI is InChI=1S/C14H15N5O3S3.ClH/c1-3-22-8-4-5-9-10(6-8)18-19(17-9)25(20,21)12-7-11(13(15)16)24-14(12)23-2;/h4-7H,3H2,1-2H3,(H3,15,16);1H. The number of nitrogens with two attached hydrogens (primary N) is 1. The van der Waals surface area contributed by atoms with Crippen LogP contribution in [0.1, 0.15) is 11.8 Å². The Morgan fingerprint density at radius 1 is 1.35 bits per heavy atom. The Kier molecular flexibility index (Phi) is 6.17. The molecule has 0 radical (unpaired) electrons. The number of nitrogens with one attached hydrogen (secondary N) is 1. The highest BCUT2D eigenvalue weighted by molar-refractivity contribution is 8.01. The SMILES string of the molecule is CCOc1ccc2nn(S(=O)(=O)c3cc(C(=N)N)sc3SC)nc2c1.Cl. The van der Waals surface area contributed by atoms with Gasteiger partial charge in [0.25, 0.3) is 0 Å². The highest BCUT2D eigenvalue weighted by Crippen LogP contribution is 2.34. The number of nitrogens with zero attached hydrogens (tertiary/aromatic N) is 3. The molecule has 0 atom stereocenters. The molecule has 0 aliphatic heterocycles. The van der Waals surface area contributed by atoms with Crippen molar-refractivity contribution in [2.75, 3.05) is 12.9 Å². The van der Waals surface area contributed by atoms with Crippen molar-refractivity contribution < 1.29 is 13.2 Å². The molecule has 0 saturated heterocycles. The Morgan fingerprint density at radius 2 is 2.04 bits per heavy atom. The number of hydrogen-bond acceptors (Lipinski definition) is 8. The number of amidine groups is 1. The van der Waals surface area contributed by atoms with E-state index in [1.54, 1.807) is 24.5 Å². The first-order valence-electron chi connectivity index (χ1n) is 7.14. The van der Waals surface area contributed by atoms with E-state index in [9.17, 15) is 8.42 Å². The maximum Gasteiger partial charge on any atom is 0.301 e. The summed E-state index contributed by atoms with van der Waals surface area (Å²) in [5.74, 6) is 0.417. The van der Waals surface area contributed by atoms with Gasteiger partial charge in [0.2, 0.25) is 0 Å². The van der Waals surface area contributed by atoms with Crippen LogP contribution in [0.2, 0.25) is 0 Å². The number of thioether (sulfide) groups is 1. The van der Waals surface area contributed by atoms with Gasteiger partial charge in [0.15, 0.2) is 0 Å². The van der Waals surface area contributed by atoms with Crippen LogP contribution in [0.15, 0.2) is 33.4 Å². The highest BCUT2D eigenvalue weighted by Gasteiger charge is 2.27. The van der Waals surface area contributed by atoms with Gasteiger partial charge in [0.05, 0.1) is 15.7 Å². The zero-order chi connectivity index (χ0) is 18.2. The van der Waals surface area contributed by atoms with Crippen LogP contribution in [0.3, 0.4) is 0 Å². The molecule has 2 aromatic heterocycles. The predicted molar refractivity (Wildman–Crippen MR) is 106 cm³/mol. The molecule has 3 aromatic rings. The molecule has 3 N–H and O–H groups in total. The van der Waals surface area contributed by atoms with Crippen molar-refractivity contribution in [1.29, 1.82) is 5.41 Å².